The van der Waals surface area contributed by atoms with E-state index in [4.69, 9.17) is 10.5 Å². The first-order valence-corrected chi connectivity index (χ1v) is 4.73. The molecule has 2 N–H and O–H groups in total. The van der Waals surface area contributed by atoms with Crippen LogP contribution in [0.3, 0.4) is 0 Å². The number of para-hydroxylation sites is 1. The van der Waals surface area contributed by atoms with Crippen molar-refractivity contribution in [3.05, 3.63) is 29.8 Å². The summed E-state index contributed by atoms with van der Waals surface area (Å²) in [6, 6.07) is 7.32. The van der Waals surface area contributed by atoms with E-state index in [1.807, 2.05) is 25.1 Å². The normalized spacial score (nSPS) is 9.79. The molecule has 0 saturated heterocycles. The number of hydrogen-bond acceptors (Lipinski definition) is 3. The fourth-order valence-electron chi connectivity index (χ4n) is 1.12. The first-order valence-electron chi connectivity index (χ1n) is 4.73. The summed E-state index contributed by atoms with van der Waals surface area (Å²) in [5, 5.41) is 0. The molecule has 3 heteroatoms. The first kappa shape index (κ1) is 10.6. The Morgan fingerprint density at radius 1 is 1.43 bits per heavy atom. The highest BCUT2D eigenvalue weighted by Gasteiger charge is 2.06. The molecule has 0 heterocycles. The van der Waals surface area contributed by atoms with E-state index in [1.54, 1.807) is 6.07 Å². The summed E-state index contributed by atoms with van der Waals surface area (Å²) < 4.78 is 4.96. The topological polar surface area (TPSA) is 52.3 Å². The maximum atomic E-state index is 11.2. The Kier molecular flexibility index (Phi) is 3.98. The van der Waals surface area contributed by atoms with Gasteiger partial charge >= 0.3 is 5.97 Å². The molecule has 0 aliphatic carbocycles. The van der Waals surface area contributed by atoms with Crippen LogP contribution in [0.15, 0.2) is 24.3 Å². The van der Waals surface area contributed by atoms with Gasteiger partial charge in [0.1, 0.15) is 0 Å². The van der Waals surface area contributed by atoms with Crippen molar-refractivity contribution in [2.45, 2.75) is 19.8 Å². The monoisotopic (exact) mass is 193 g/mol. The number of rotatable bonds is 4. The number of hydrogen-bond donors (Lipinski definition) is 1. The second-order valence-electron chi connectivity index (χ2n) is 3.10. The van der Waals surface area contributed by atoms with Gasteiger partial charge in [-0.3, -0.25) is 4.79 Å². The molecule has 0 saturated carbocycles. The maximum absolute atomic E-state index is 11.2. The van der Waals surface area contributed by atoms with Crippen molar-refractivity contribution in [2.24, 2.45) is 0 Å². The minimum Gasteiger partial charge on any atom is -0.465 e. The van der Waals surface area contributed by atoms with Gasteiger partial charge in [0.25, 0.3) is 0 Å². The Bertz CT molecular complexity index is 310. The van der Waals surface area contributed by atoms with Gasteiger partial charge in [-0.2, -0.15) is 0 Å². The molecule has 0 amide bonds. The second-order valence-corrected chi connectivity index (χ2v) is 3.10. The summed E-state index contributed by atoms with van der Waals surface area (Å²) in [5.74, 6) is -0.218. The summed E-state index contributed by atoms with van der Waals surface area (Å²) in [6.45, 7) is 2.44. The van der Waals surface area contributed by atoms with E-state index in [9.17, 15) is 4.79 Å². The van der Waals surface area contributed by atoms with Crippen LogP contribution in [0.4, 0.5) is 5.69 Å². The summed E-state index contributed by atoms with van der Waals surface area (Å²) in [6.07, 6.45) is 1.10. The molecular formula is C11H15NO2. The molecule has 0 aliphatic rings. The van der Waals surface area contributed by atoms with E-state index in [0.29, 0.717) is 12.3 Å². The zero-order valence-corrected chi connectivity index (χ0v) is 8.32. The molecule has 0 aromatic heterocycles. The van der Waals surface area contributed by atoms with E-state index < -0.39 is 0 Å². The summed E-state index contributed by atoms with van der Waals surface area (Å²) in [4.78, 5) is 11.2. The average molecular weight is 193 g/mol. The van der Waals surface area contributed by atoms with Gasteiger partial charge in [0.2, 0.25) is 0 Å². The van der Waals surface area contributed by atoms with Crippen molar-refractivity contribution in [3.63, 3.8) is 0 Å². The lowest BCUT2D eigenvalue weighted by Crippen LogP contribution is -2.09. The van der Waals surface area contributed by atoms with E-state index in [1.165, 1.54) is 0 Å². The Balaban J connectivity index is 2.52. The average Bonchev–Trinajstić information content (AvgIpc) is 2.18. The predicted molar refractivity (Wildman–Crippen MR) is 55.8 cm³/mol. The summed E-state index contributed by atoms with van der Waals surface area (Å²) in [5.41, 5.74) is 7.16. The van der Waals surface area contributed by atoms with Crippen molar-refractivity contribution in [1.82, 2.24) is 0 Å². The van der Waals surface area contributed by atoms with Crippen LogP contribution in [-0.4, -0.2) is 12.6 Å². The van der Waals surface area contributed by atoms with Crippen LogP contribution in [0.25, 0.3) is 0 Å². The second kappa shape index (κ2) is 5.27. The Labute approximate surface area is 83.9 Å². The van der Waals surface area contributed by atoms with E-state index in [2.05, 4.69) is 0 Å². The molecular weight excluding hydrogens is 178 g/mol. The van der Waals surface area contributed by atoms with Gasteiger partial charge < -0.3 is 10.5 Å². The molecule has 3 nitrogen and oxygen atoms in total. The molecule has 1 aromatic rings. The third kappa shape index (κ3) is 3.09. The molecule has 0 fully saturated rings. The molecule has 0 unspecified atom stereocenters. The number of anilines is 1. The van der Waals surface area contributed by atoms with Gasteiger partial charge in [-0.25, -0.2) is 0 Å². The molecule has 0 spiro atoms. The fraction of sp³-hybridized carbons (Fsp3) is 0.364. The van der Waals surface area contributed by atoms with Crippen LogP contribution in [0.2, 0.25) is 0 Å². The van der Waals surface area contributed by atoms with E-state index >= 15 is 0 Å². The van der Waals surface area contributed by atoms with Crippen LogP contribution >= 0.6 is 0 Å². The van der Waals surface area contributed by atoms with Crippen molar-refractivity contribution in [1.29, 1.82) is 0 Å². The fourth-order valence-corrected chi connectivity index (χ4v) is 1.12. The summed E-state index contributed by atoms with van der Waals surface area (Å²) in [7, 11) is 0. The number of benzene rings is 1. The molecule has 14 heavy (non-hydrogen) atoms. The minimum absolute atomic E-state index is 0.218. The number of ether oxygens (including phenoxy) is 1. The van der Waals surface area contributed by atoms with Crippen LogP contribution in [0.5, 0.6) is 0 Å². The summed E-state index contributed by atoms with van der Waals surface area (Å²) >= 11 is 0. The largest absolute Gasteiger partial charge is 0.465 e. The Morgan fingerprint density at radius 2 is 2.14 bits per heavy atom. The van der Waals surface area contributed by atoms with Gasteiger partial charge in [0, 0.05) is 5.69 Å². The van der Waals surface area contributed by atoms with Gasteiger partial charge in [0.15, 0.2) is 0 Å². The molecule has 1 rings (SSSR count). The standard InChI is InChI=1S/C11H15NO2/c1-2-7-14-11(13)8-9-5-3-4-6-10(9)12/h3-6H,2,7-8,12H2,1H3. The SMILES string of the molecule is CCCOC(=O)Cc1ccccc1N. The van der Waals surface area contributed by atoms with Gasteiger partial charge in [0.05, 0.1) is 13.0 Å². The lowest BCUT2D eigenvalue weighted by Gasteiger charge is -2.05. The molecule has 0 atom stereocenters. The van der Waals surface area contributed by atoms with Crippen molar-refractivity contribution in [2.75, 3.05) is 12.3 Å². The Morgan fingerprint density at radius 3 is 2.79 bits per heavy atom. The number of nitrogen functional groups attached to an aromatic ring is 1. The van der Waals surface area contributed by atoms with Gasteiger partial charge in [-0.15, -0.1) is 0 Å². The predicted octanol–water partition coefficient (Wildman–Crippen LogP) is 1.76. The third-order valence-electron chi connectivity index (χ3n) is 1.86. The number of carbonyl (C=O) groups is 1. The smallest absolute Gasteiger partial charge is 0.310 e. The molecule has 0 radical (unpaired) electrons. The highest BCUT2D eigenvalue weighted by Crippen LogP contribution is 2.11. The molecule has 76 valence electrons. The maximum Gasteiger partial charge on any atom is 0.310 e. The molecule has 0 aliphatic heterocycles. The quantitative estimate of drug-likeness (QED) is 0.585. The third-order valence-corrected chi connectivity index (χ3v) is 1.86. The van der Waals surface area contributed by atoms with Gasteiger partial charge in [-0.05, 0) is 18.1 Å². The minimum atomic E-state index is -0.218. The van der Waals surface area contributed by atoms with E-state index in [-0.39, 0.29) is 12.4 Å². The first-order chi connectivity index (χ1) is 6.74. The van der Waals surface area contributed by atoms with Crippen LogP contribution in [-0.2, 0) is 16.0 Å². The van der Waals surface area contributed by atoms with Gasteiger partial charge in [-0.1, -0.05) is 25.1 Å². The van der Waals surface area contributed by atoms with E-state index in [0.717, 1.165) is 12.0 Å². The highest BCUT2D eigenvalue weighted by atomic mass is 16.5. The van der Waals surface area contributed by atoms with Crippen molar-refractivity contribution >= 4 is 11.7 Å². The van der Waals surface area contributed by atoms with Crippen LogP contribution in [0, 0.1) is 0 Å². The van der Waals surface area contributed by atoms with Crippen molar-refractivity contribution in [3.8, 4) is 0 Å². The lowest BCUT2D eigenvalue weighted by atomic mass is 10.1. The molecule has 1 aromatic carbocycles. The number of carbonyl (C=O) groups excluding carboxylic acids is 1. The lowest BCUT2D eigenvalue weighted by molar-refractivity contribution is -0.142. The van der Waals surface area contributed by atoms with Crippen molar-refractivity contribution < 1.29 is 9.53 Å². The zero-order valence-electron chi connectivity index (χ0n) is 8.32. The zero-order chi connectivity index (χ0) is 10.4. The Hall–Kier alpha value is -1.51. The number of nitrogens with two attached hydrogens (primary N) is 1. The number of esters is 1. The molecule has 0 bridgehead atoms. The van der Waals surface area contributed by atoms with Crippen LogP contribution < -0.4 is 5.73 Å². The van der Waals surface area contributed by atoms with Crippen LogP contribution in [0.1, 0.15) is 18.9 Å². The highest BCUT2D eigenvalue weighted by molar-refractivity contribution is 5.74.